The fourth-order valence-electron chi connectivity index (χ4n) is 1.41. The van der Waals surface area contributed by atoms with Gasteiger partial charge in [0.2, 0.25) is 0 Å². The van der Waals surface area contributed by atoms with Crippen LogP contribution in [0.3, 0.4) is 0 Å². The Labute approximate surface area is 105 Å². The smallest absolute Gasteiger partial charge is 0.318 e. The number of benzene rings is 1. The van der Waals surface area contributed by atoms with E-state index in [4.69, 9.17) is 0 Å². The Balaban J connectivity index is 2.23. The van der Waals surface area contributed by atoms with E-state index in [1.807, 2.05) is 0 Å². The van der Waals surface area contributed by atoms with E-state index in [2.05, 4.69) is 15.2 Å². The van der Waals surface area contributed by atoms with E-state index >= 15 is 0 Å². The first-order chi connectivity index (χ1) is 8.86. The second-order valence-corrected chi connectivity index (χ2v) is 3.78. The lowest BCUT2D eigenvalue weighted by atomic mass is 10.2. The largest absolute Gasteiger partial charge is 0.471 e. The van der Waals surface area contributed by atoms with Crippen LogP contribution in [0.25, 0.3) is 11.4 Å². The molecule has 0 aliphatic carbocycles. The SMILES string of the molecule is Cc1nc(-c2cccc(NC(=O)C(F)(F)F)c2)n[nH]1. The number of nitrogens with zero attached hydrogens (tertiary/aromatic N) is 2. The van der Waals surface area contributed by atoms with Gasteiger partial charge in [-0.25, -0.2) is 4.98 Å². The summed E-state index contributed by atoms with van der Waals surface area (Å²) in [5, 5.41) is 8.28. The van der Waals surface area contributed by atoms with Gasteiger partial charge in [0, 0.05) is 11.3 Å². The van der Waals surface area contributed by atoms with Crippen LogP contribution in [-0.2, 0) is 4.79 Å². The van der Waals surface area contributed by atoms with Gasteiger partial charge in [-0.1, -0.05) is 12.1 Å². The van der Waals surface area contributed by atoms with Crippen molar-refractivity contribution in [1.29, 1.82) is 0 Å². The molecule has 5 nitrogen and oxygen atoms in total. The zero-order valence-electron chi connectivity index (χ0n) is 9.75. The third-order valence-electron chi connectivity index (χ3n) is 2.23. The number of nitrogens with one attached hydrogen (secondary N) is 2. The van der Waals surface area contributed by atoms with Crippen LogP contribution >= 0.6 is 0 Å². The van der Waals surface area contributed by atoms with E-state index in [9.17, 15) is 18.0 Å². The zero-order chi connectivity index (χ0) is 14.0. The molecule has 0 unspecified atom stereocenters. The molecular weight excluding hydrogens is 261 g/mol. The summed E-state index contributed by atoms with van der Waals surface area (Å²) in [7, 11) is 0. The fourth-order valence-corrected chi connectivity index (χ4v) is 1.41. The van der Waals surface area contributed by atoms with Crippen LogP contribution in [0.15, 0.2) is 24.3 Å². The molecule has 0 bridgehead atoms. The first-order valence-electron chi connectivity index (χ1n) is 5.24. The van der Waals surface area contributed by atoms with Crippen LogP contribution in [0.5, 0.6) is 0 Å². The van der Waals surface area contributed by atoms with Gasteiger partial charge in [-0.15, -0.1) is 0 Å². The number of alkyl halides is 3. The number of anilines is 1. The summed E-state index contributed by atoms with van der Waals surface area (Å²) in [5.74, 6) is -1.09. The fraction of sp³-hybridized carbons (Fsp3) is 0.182. The molecule has 0 radical (unpaired) electrons. The first-order valence-corrected chi connectivity index (χ1v) is 5.24. The number of hydrogen-bond acceptors (Lipinski definition) is 3. The highest BCUT2D eigenvalue weighted by Gasteiger charge is 2.38. The van der Waals surface area contributed by atoms with Crippen molar-refractivity contribution in [2.24, 2.45) is 0 Å². The van der Waals surface area contributed by atoms with Crippen LogP contribution in [0.2, 0.25) is 0 Å². The Morgan fingerprint density at radius 3 is 2.68 bits per heavy atom. The van der Waals surface area contributed by atoms with Gasteiger partial charge < -0.3 is 5.32 Å². The molecule has 2 N–H and O–H groups in total. The molecule has 1 amide bonds. The molecular formula is C11H9F3N4O. The Morgan fingerprint density at radius 2 is 2.11 bits per heavy atom. The molecule has 19 heavy (non-hydrogen) atoms. The quantitative estimate of drug-likeness (QED) is 0.879. The molecule has 0 atom stereocenters. The molecule has 8 heteroatoms. The number of aromatic amines is 1. The van der Waals surface area contributed by atoms with Crippen molar-refractivity contribution in [2.75, 3.05) is 5.32 Å². The standard InChI is InChI=1S/C11H9F3N4O/c1-6-15-9(18-17-6)7-3-2-4-8(5-7)16-10(19)11(12,13)14/h2-5H,1H3,(H,16,19)(H,15,17,18). The van der Waals surface area contributed by atoms with Gasteiger partial charge in [-0.3, -0.25) is 9.89 Å². The number of aryl methyl sites for hydroxylation is 1. The number of amides is 1. The number of carbonyl (C=O) groups is 1. The van der Waals surface area contributed by atoms with Crippen LogP contribution in [0.4, 0.5) is 18.9 Å². The van der Waals surface area contributed by atoms with Crippen molar-refractivity contribution in [3.05, 3.63) is 30.1 Å². The number of carbonyl (C=O) groups excluding carboxylic acids is 1. The Bertz CT molecular complexity index is 606. The maximum Gasteiger partial charge on any atom is 0.471 e. The summed E-state index contributed by atoms with van der Waals surface area (Å²) >= 11 is 0. The molecule has 2 aromatic rings. The van der Waals surface area contributed by atoms with Gasteiger partial charge in [0.25, 0.3) is 0 Å². The summed E-state index contributed by atoms with van der Waals surface area (Å²) in [6, 6.07) is 5.86. The highest BCUT2D eigenvalue weighted by molar-refractivity contribution is 5.95. The molecule has 0 spiro atoms. The van der Waals surface area contributed by atoms with Crippen molar-refractivity contribution in [3.63, 3.8) is 0 Å². The second-order valence-electron chi connectivity index (χ2n) is 3.78. The minimum absolute atomic E-state index is 0.0299. The zero-order valence-corrected chi connectivity index (χ0v) is 9.75. The predicted molar refractivity (Wildman–Crippen MR) is 61.2 cm³/mol. The van der Waals surface area contributed by atoms with Gasteiger partial charge in [0.05, 0.1) is 0 Å². The Kier molecular flexibility index (Phi) is 3.24. The highest BCUT2D eigenvalue weighted by atomic mass is 19.4. The van der Waals surface area contributed by atoms with Gasteiger partial charge in [-0.2, -0.15) is 18.3 Å². The van der Waals surface area contributed by atoms with E-state index in [0.29, 0.717) is 17.2 Å². The molecule has 2 rings (SSSR count). The van der Waals surface area contributed by atoms with Gasteiger partial charge in [-0.05, 0) is 19.1 Å². The van der Waals surface area contributed by atoms with Gasteiger partial charge in [0.1, 0.15) is 5.82 Å². The summed E-state index contributed by atoms with van der Waals surface area (Å²) in [6.07, 6.45) is -4.92. The van der Waals surface area contributed by atoms with Gasteiger partial charge in [0.15, 0.2) is 5.82 Å². The normalized spacial score (nSPS) is 11.4. The second kappa shape index (κ2) is 4.71. The van der Waals surface area contributed by atoms with Crippen molar-refractivity contribution >= 4 is 11.6 Å². The van der Waals surface area contributed by atoms with Crippen LogP contribution in [-0.4, -0.2) is 27.3 Å². The molecule has 0 saturated heterocycles. The van der Waals surface area contributed by atoms with E-state index in [1.165, 1.54) is 18.2 Å². The Morgan fingerprint density at radius 1 is 1.37 bits per heavy atom. The number of H-pyrrole nitrogens is 1. The molecule has 0 aliphatic rings. The lowest BCUT2D eigenvalue weighted by Gasteiger charge is -2.08. The first kappa shape index (κ1) is 13.1. The minimum atomic E-state index is -4.92. The lowest BCUT2D eigenvalue weighted by Crippen LogP contribution is -2.29. The minimum Gasteiger partial charge on any atom is -0.318 e. The maximum absolute atomic E-state index is 12.1. The topological polar surface area (TPSA) is 70.7 Å². The average Bonchev–Trinajstić information content (AvgIpc) is 2.75. The van der Waals surface area contributed by atoms with Crippen LogP contribution < -0.4 is 5.32 Å². The van der Waals surface area contributed by atoms with Crippen molar-refractivity contribution in [2.45, 2.75) is 13.1 Å². The van der Waals surface area contributed by atoms with E-state index in [0.717, 1.165) is 0 Å². The van der Waals surface area contributed by atoms with Crippen molar-refractivity contribution < 1.29 is 18.0 Å². The van der Waals surface area contributed by atoms with E-state index in [-0.39, 0.29) is 5.69 Å². The lowest BCUT2D eigenvalue weighted by molar-refractivity contribution is -0.167. The van der Waals surface area contributed by atoms with Crippen molar-refractivity contribution in [1.82, 2.24) is 15.2 Å². The monoisotopic (exact) mass is 270 g/mol. The molecule has 0 aliphatic heterocycles. The predicted octanol–water partition coefficient (Wildman–Crippen LogP) is 2.28. The van der Waals surface area contributed by atoms with E-state index < -0.39 is 12.1 Å². The Hall–Kier alpha value is -2.38. The molecule has 0 fully saturated rings. The number of aromatic nitrogens is 3. The number of hydrogen-bond donors (Lipinski definition) is 2. The molecule has 1 aromatic heterocycles. The molecule has 1 aromatic carbocycles. The van der Waals surface area contributed by atoms with Crippen LogP contribution in [0, 0.1) is 6.92 Å². The average molecular weight is 270 g/mol. The van der Waals surface area contributed by atoms with Crippen LogP contribution in [0.1, 0.15) is 5.82 Å². The van der Waals surface area contributed by atoms with E-state index in [1.54, 1.807) is 18.3 Å². The molecule has 0 saturated carbocycles. The molecule has 100 valence electrons. The van der Waals surface area contributed by atoms with Crippen molar-refractivity contribution in [3.8, 4) is 11.4 Å². The summed E-state index contributed by atoms with van der Waals surface area (Å²) in [6.45, 7) is 1.70. The van der Waals surface area contributed by atoms with Gasteiger partial charge >= 0.3 is 12.1 Å². The summed E-state index contributed by atoms with van der Waals surface area (Å²) in [5.41, 5.74) is 0.534. The number of rotatable bonds is 2. The summed E-state index contributed by atoms with van der Waals surface area (Å²) in [4.78, 5) is 14.9. The highest BCUT2D eigenvalue weighted by Crippen LogP contribution is 2.22. The third kappa shape index (κ3) is 3.09. The molecule has 1 heterocycles. The maximum atomic E-state index is 12.1. The summed E-state index contributed by atoms with van der Waals surface area (Å²) < 4.78 is 36.4. The third-order valence-corrected chi connectivity index (χ3v) is 2.23. The number of halogens is 3.